The molecule has 2 rings (SSSR count). The molecule has 0 atom stereocenters. The zero-order valence-electron chi connectivity index (χ0n) is 14.6. The van der Waals surface area contributed by atoms with E-state index in [2.05, 4.69) is 10.5 Å². The predicted octanol–water partition coefficient (Wildman–Crippen LogP) is 2.07. The lowest BCUT2D eigenvalue weighted by molar-refractivity contribution is -0.124. The Morgan fingerprint density at radius 2 is 1.96 bits per heavy atom. The number of ether oxygens (including phenoxy) is 2. The number of methoxy groups -OCH3 is 1. The first-order chi connectivity index (χ1) is 12.0. The molecule has 0 fully saturated rings. The van der Waals surface area contributed by atoms with Gasteiger partial charge in [-0.25, -0.2) is 4.79 Å². The van der Waals surface area contributed by atoms with E-state index in [1.54, 1.807) is 14.0 Å². The minimum Gasteiger partial charge on any atom is -0.497 e. The van der Waals surface area contributed by atoms with Gasteiger partial charge in [0.15, 0.2) is 6.61 Å². The van der Waals surface area contributed by atoms with E-state index in [-0.39, 0.29) is 12.5 Å². The highest BCUT2D eigenvalue weighted by atomic mass is 16.5. The summed E-state index contributed by atoms with van der Waals surface area (Å²) in [7, 11) is 1.61. The minimum atomic E-state index is -0.596. The zero-order chi connectivity index (χ0) is 18.2. The zero-order valence-corrected chi connectivity index (χ0v) is 14.6. The molecule has 7 nitrogen and oxygen atoms in total. The Bertz CT molecular complexity index is 722. The molecule has 0 bridgehead atoms. The Kier molecular flexibility index (Phi) is 6.56. The van der Waals surface area contributed by atoms with Crippen LogP contribution >= 0.6 is 0 Å². The van der Waals surface area contributed by atoms with Crippen LogP contribution in [0, 0.1) is 6.92 Å². The molecule has 134 valence electrons. The molecular weight excluding hydrogens is 324 g/mol. The lowest BCUT2D eigenvalue weighted by atomic mass is 10.1. The van der Waals surface area contributed by atoms with Crippen LogP contribution in [0.1, 0.15) is 34.3 Å². The van der Waals surface area contributed by atoms with Crippen molar-refractivity contribution in [3.63, 3.8) is 0 Å². The van der Waals surface area contributed by atoms with Crippen molar-refractivity contribution in [2.45, 2.75) is 26.7 Å². The van der Waals surface area contributed by atoms with Crippen LogP contribution in [-0.2, 0) is 22.4 Å². The third-order valence-electron chi connectivity index (χ3n) is 3.70. The summed E-state index contributed by atoms with van der Waals surface area (Å²) in [6, 6.07) is 7.61. The van der Waals surface area contributed by atoms with E-state index in [9.17, 15) is 9.59 Å². The molecule has 1 aromatic carbocycles. The van der Waals surface area contributed by atoms with E-state index in [1.165, 1.54) is 0 Å². The highest BCUT2D eigenvalue weighted by Gasteiger charge is 2.21. The summed E-state index contributed by atoms with van der Waals surface area (Å²) < 4.78 is 15.1. The molecule has 1 heterocycles. The number of benzene rings is 1. The Morgan fingerprint density at radius 3 is 2.60 bits per heavy atom. The lowest BCUT2D eigenvalue weighted by Crippen LogP contribution is -2.30. The van der Waals surface area contributed by atoms with Crippen molar-refractivity contribution >= 4 is 11.9 Å². The monoisotopic (exact) mass is 346 g/mol. The summed E-state index contributed by atoms with van der Waals surface area (Å²) in [4.78, 5) is 23.9. The maximum atomic E-state index is 12.1. The molecule has 0 saturated carbocycles. The standard InChI is InChI=1S/C18H22N2O5/c1-4-15-17(12(2)25-20-15)18(22)24-11-16(21)19-10-9-13-5-7-14(23-3)8-6-13/h5-8H,4,9-11H2,1-3H3,(H,19,21). The Balaban J connectivity index is 1.74. The number of nitrogens with one attached hydrogen (secondary N) is 1. The van der Waals surface area contributed by atoms with E-state index < -0.39 is 5.97 Å². The largest absolute Gasteiger partial charge is 0.497 e. The van der Waals surface area contributed by atoms with Gasteiger partial charge in [0.05, 0.1) is 12.8 Å². The summed E-state index contributed by atoms with van der Waals surface area (Å²) in [6.45, 7) is 3.61. The fraction of sp³-hybridized carbons (Fsp3) is 0.389. The first-order valence-corrected chi connectivity index (χ1v) is 8.07. The van der Waals surface area contributed by atoms with Gasteiger partial charge in [-0.15, -0.1) is 0 Å². The molecule has 0 aliphatic rings. The SMILES string of the molecule is CCc1noc(C)c1C(=O)OCC(=O)NCCc1ccc(OC)cc1. The van der Waals surface area contributed by atoms with Crippen LogP contribution < -0.4 is 10.1 Å². The van der Waals surface area contributed by atoms with Gasteiger partial charge in [0.1, 0.15) is 17.1 Å². The van der Waals surface area contributed by atoms with Gasteiger partial charge in [-0.1, -0.05) is 24.2 Å². The summed E-state index contributed by atoms with van der Waals surface area (Å²) >= 11 is 0. The molecule has 1 N–H and O–H groups in total. The van der Waals surface area contributed by atoms with Crippen LogP contribution in [0.3, 0.4) is 0 Å². The smallest absolute Gasteiger partial charge is 0.344 e. The Morgan fingerprint density at radius 1 is 1.24 bits per heavy atom. The fourth-order valence-corrected chi connectivity index (χ4v) is 2.31. The number of hydrogen-bond acceptors (Lipinski definition) is 6. The number of aryl methyl sites for hydroxylation is 2. The molecule has 0 radical (unpaired) electrons. The van der Waals surface area contributed by atoms with Crippen molar-refractivity contribution in [3.8, 4) is 5.75 Å². The molecule has 2 aromatic rings. The highest BCUT2D eigenvalue weighted by Crippen LogP contribution is 2.15. The topological polar surface area (TPSA) is 90.7 Å². The van der Waals surface area contributed by atoms with Crippen molar-refractivity contribution in [1.29, 1.82) is 0 Å². The molecule has 0 spiro atoms. The molecule has 0 unspecified atom stereocenters. The van der Waals surface area contributed by atoms with Crippen LogP contribution in [0.25, 0.3) is 0 Å². The fourth-order valence-electron chi connectivity index (χ4n) is 2.31. The van der Waals surface area contributed by atoms with Crippen molar-refractivity contribution < 1.29 is 23.6 Å². The van der Waals surface area contributed by atoms with E-state index in [0.29, 0.717) is 36.4 Å². The Hall–Kier alpha value is -2.83. The number of rotatable bonds is 8. The predicted molar refractivity (Wildman–Crippen MR) is 90.6 cm³/mol. The second-order valence-electron chi connectivity index (χ2n) is 5.44. The van der Waals surface area contributed by atoms with Crippen LogP contribution in [0.2, 0.25) is 0 Å². The molecule has 25 heavy (non-hydrogen) atoms. The number of nitrogens with zero attached hydrogens (tertiary/aromatic N) is 1. The van der Waals surface area contributed by atoms with Crippen LogP contribution in [0.15, 0.2) is 28.8 Å². The first kappa shape index (κ1) is 18.5. The third-order valence-corrected chi connectivity index (χ3v) is 3.70. The van der Waals surface area contributed by atoms with Gasteiger partial charge in [0.2, 0.25) is 0 Å². The van der Waals surface area contributed by atoms with E-state index in [4.69, 9.17) is 14.0 Å². The van der Waals surface area contributed by atoms with Gasteiger partial charge in [-0.05, 0) is 37.5 Å². The Labute approximate surface area is 146 Å². The van der Waals surface area contributed by atoms with Crippen molar-refractivity contribution in [1.82, 2.24) is 10.5 Å². The lowest BCUT2D eigenvalue weighted by Gasteiger charge is -2.07. The number of esters is 1. The summed E-state index contributed by atoms with van der Waals surface area (Å²) in [5, 5.41) is 6.51. The molecule has 1 aromatic heterocycles. The molecule has 0 aliphatic carbocycles. The average molecular weight is 346 g/mol. The average Bonchev–Trinajstić information content (AvgIpc) is 3.01. The first-order valence-electron chi connectivity index (χ1n) is 8.07. The third kappa shape index (κ3) is 5.07. The van der Waals surface area contributed by atoms with Gasteiger partial charge in [0, 0.05) is 6.54 Å². The maximum Gasteiger partial charge on any atom is 0.344 e. The van der Waals surface area contributed by atoms with Crippen LogP contribution in [-0.4, -0.2) is 37.3 Å². The van der Waals surface area contributed by atoms with E-state index >= 15 is 0 Å². The minimum absolute atomic E-state index is 0.300. The molecule has 0 saturated heterocycles. The quantitative estimate of drug-likeness (QED) is 0.736. The number of hydrogen-bond donors (Lipinski definition) is 1. The molecular formula is C18H22N2O5. The number of carbonyl (C=O) groups excluding carboxylic acids is 2. The highest BCUT2D eigenvalue weighted by molar-refractivity contribution is 5.93. The van der Waals surface area contributed by atoms with E-state index in [1.807, 2.05) is 31.2 Å². The van der Waals surface area contributed by atoms with Gasteiger partial charge in [-0.3, -0.25) is 4.79 Å². The molecule has 1 amide bonds. The van der Waals surface area contributed by atoms with Crippen molar-refractivity contribution in [3.05, 3.63) is 46.8 Å². The van der Waals surface area contributed by atoms with Crippen molar-refractivity contribution in [2.75, 3.05) is 20.3 Å². The second kappa shape index (κ2) is 8.86. The van der Waals surface area contributed by atoms with Crippen molar-refractivity contribution in [2.24, 2.45) is 0 Å². The maximum absolute atomic E-state index is 12.1. The second-order valence-corrected chi connectivity index (χ2v) is 5.44. The molecule has 0 aliphatic heterocycles. The number of aromatic nitrogens is 1. The summed E-state index contributed by atoms with van der Waals surface area (Å²) in [6.07, 6.45) is 1.23. The van der Waals surface area contributed by atoms with Gasteiger partial charge < -0.3 is 19.3 Å². The van der Waals surface area contributed by atoms with Gasteiger partial charge >= 0.3 is 5.97 Å². The number of carbonyl (C=O) groups is 2. The molecule has 7 heteroatoms. The summed E-state index contributed by atoms with van der Waals surface area (Å²) in [5.74, 6) is 0.229. The van der Waals surface area contributed by atoms with Gasteiger partial charge in [-0.2, -0.15) is 0 Å². The van der Waals surface area contributed by atoms with Crippen LogP contribution in [0.5, 0.6) is 5.75 Å². The normalized spacial score (nSPS) is 10.4. The van der Waals surface area contributed by atoms with E-state index in [0.717, 1.165) is 11.3 Å². The number of amides is 1. The van der Waals surface area contributed by atoms with Crippen LogP contribution in [0.4, 0.5) is 0 Å². The summed E-state index contributed by atoms with van der Waals surface area (Å²) in [5.41, 5.74) is 1.90. The van der Waals surface area contributed by atoms with Gasteiger partial charge in [0.25, 0.3) is 5.91 Å².